The molecule has 0 aliphatic heterocycles. The van der Waals surface area contributed by atoms with Crippen LogP contribution < -0.4 is 0 Å². The molecule has 17 heavy (non-hydrogen) atoms. The Morgan fingerprint density at radius 1 is 0.941 bits per heavy atom. The molecule has 5 heteroatoms. The van der Waals surface area contributed by atoms with Crippen LogP contribution in [-0.2, 0) is 19.1 Å². The van der Waals surface area contributed by atoms with Crippen molar-refractivity contribution in [1.29, 1.82) is 0 Å². The Morgan fingerprint density at radius 3 is 1.47 bits per heavy atom. The fraction of sp³-hybridized carbons (Fsp3) is 0.333. The average Bonchev–Trinajstić information content (AvgIpc) is 2.26. The van der Waals surface area contributed by atoms with Crippen molar-refractivity contribution < 1.29 is 19.1 Å². The Kier molecular flexibility index (Phi) is 15.2. The normalized spacial score (nSPS) is 8.06. The maximum Gasteiger partial charge on any atom is 0.309 e. The molecule has 0 spiro atoms. The molecule has 0 aromatic rings. The highest BCUT2D eigenvalue weighted by molar-refractivity contribution is 6.25. The van der Waals surface area contributed by atoms with Crippen LogP contribution in [-0.4, -0.2) is 25.2 Å². The second-order valence-corrected chi connectivity index (χ2v) is 2.89. The molecule has 0 radical (unpaired) electrons. The summed E-state index contributed by atoms with van der Waals surface area (Å²) in [6.07, 6.45) is 3.24. The summed E-state index contributed by atoms with van der Waals surface area (Å²) in [7, 11) is 0. The lowest BCUT2D eigenvalue weighted by atomic mass is 10.4. The minimum Gasteiger partial charge on any atom is -0.462 e. The highest BCUT2D eigenvalue weighted by Crippen LogP contribution is 1.90. The number of carbonyl (C=O) groups excluding carboxylic acids is 2. The zero-order chi connectivity index (χ0) is 13.5. The monoisotopic (exact) mass is 260 g/mol. The van der Waals surface area contributed by atoms with Gasteiger partial charge in [-0.2, -0.15) is 0 Å². The maximum absolute atomic E-state index is 10.8. The Morgan fingerprint density at radius 2 is 1.24 bits per heavy atom. The van der Waals surface area contributed by atoms with E-state index in [0.717, 1.165) is 0 Å². The van der Waals surface area contributed by atoms with Gasteiger partial charge < -0.3 is 9.47 Å². The van der Waals surface area contributed by atoms with Crippen molar-refractivity contribution in [2.45, 2.75) is 12.8 Å². The van der Waals surface area contributed by atoms with Crippen LogP contribution in [0.25, 0.3) is 0 Å². The molecule has 0 N–H and O–H groups in total. The summed E-state index contributed by atoms with van der Waals surface area (Å²) >= 11 is 4.76. The standard InChI is InChI=1S/C10H14O4.C2H3Cl/c1-3-5-9(11)13-7-8-14-10(12)6-4-2;1-2-3/h3-4H,1-2,5-8H2;2H,1H2. The summed E-state index contributed by atoms with van der Waals surface area (Å²) in [5, 5.41) is 0. The molecular weight excluding hydrogens is 244 g/mol. The van der Waals surface area contributed by atoms with Crippen molar-refractivity contribution in [3.8, 4) is 0 Å². The summed E-state index contributed by atoms with van der Waals surface area (Å²) in [4.78, 5) is 21.5. The van der Waals surface area contributed by atoms with E-state index in [9.17, 15) is 9.59 Å². The van der Waals surface area contributed by atoms with Gasteiger partial charge in [0.2, 0.25) is 0 Å². The summed E-state index contributed by atoms with van der Waals surface area (Å²) < 4.78 is 9.40. The molecule has 0 aromatic heterocycles. The molecule has 0 saturated carbocycles. The lowest BCUT2D eigenvalue weighted by molar-refractivity contribution is -0.151. The fourth-order valence-electron chi connectivity index (χ4n) is 0.665. The van der Waals surface area contributed by atoms with Gasteiger partial charge >= 0.3 is 11.9 Å². The van der Waals surface area contributed by atoms with Crippen LogP contribution in [0, 0.1) is 0 Å². The number of halogens is 1. The minimum absolute atomic E-state index is 0.0789. The SMILES string of the molecule is C=CCC(=O)OCCOC(=O)CC=C.C=CCl. The van der Waals surface area contributed by atoms with Crippen molar-refractivity contribution in [1.82, 2.24) is 0 Å². The van der Waals surface area contributed by atoms with Gasteiger partial charge in [0.1, 0.15) is 13.2 Å². The highest BCUT2D eigenvalue weighted by atomic mass is 35.5. The van der Waals surface area contributed by atoms with Crippen molar-refractivity contribution in [2.24, 2.45) is 0 Å². The highest BCUT2D eigenvalue weighted by Gasteiger charge is 2.01. The zero-order valence-electron chi connectivity index (χ0n) is 9.69. The second-order valence-electron chi connectivity index (χ2n) is 2.58. The Bertz CT molecular complexity index is 237. The molecule has 0 rings (SSSR count). The predicted octanol–water partition coefficient (Wildman–Crippen LogP) is 2.59. The number of carbonyl (C=O) groups is 2. The number of hydrogen-bond donors (Lipinski definition) is 0. The van der Waals surface area contributed by atoms with Gasteiger partial charge in [0.15, 0.2) is 0 Å². The second kappa shape index (κ2) is 14.5. The number of esters is 2. The van der Waals surface area contributed by atoms with Crippen LogP contribution in [0.4, 0.5) is 0 Å². The van der Waals surface area contributed by atoms with Gasteiger partial charge in [0.05, 0.1) is 12.8 Å². The minimum atomic E-state index is -0.375. The van der Waals surface area contributed by atoms with Gasteiger partial charge in [-0.1, -0.05) is 30.3 Å². The van der Waals surface area contributed by atoms with Crippen molar-refractivity contribution in [2.75, 3.05) is 13.2 Å². The lowest BCUT2D eigenvalue weighted by Gasteiger charge is -2.03. The third kappa shape index (κ3) is 17.1. The smallest absolute Gasteiger partial charge is 0.309 e. The molecule has 96 valence electrons. The average molecular weight is 261 g/mol. The van der Waals surface area contributed by atoms with E-state index < -0.39 is 0 Å². The zero-order valence-corrected chi connectivity index (χ0v) is 10.4. The molecule has 0 aromatic carbocycles. The molecule has 0 saturated heterocycles. The third-order valence-corrected chi connectivity index (χ3v) is 1.23. The van der Waals surface area contributed by atoms with Crippen LogP contribution in [0.1, 0.15) is 12.8 Å². The molecule has 0 amide bonds. The molecule has 0 fully saturated rings. The van der Waals surface area contributed by atoms with E-state index >= 15 is 0 Å². The van der Waals surface area contributed by atoms with E-state index in [2.05, 4.69) is 19.7 Å². The Hall–Kier alpha value is -1.55. The van der Waals surface area contributed by atoms with Crippen LogP contribution in [0.3, 0.4) is 0 Å². The van der Waals surface area contributed by atoms with Gasteiger partial charge in [0.25, 0.3) is 0 Å². The van der Waals surface area contributed by atoms with E-state index in [-0.39, 0.29) is 38.0 Å². The van der Waals surface area contributed by atoms with E-state index in [1.807, 2.05) is 0 Å². The van der Waals surface area contributed by atoms with Crippen molar-refractivity contribution in [3.05, 3.63) is 37.4 Å². The topological polar surface area (TPSA) is 52.6 Å². The molecule has 0 unspecified atom stereocenters. The molecule has 0 aliphatic carbocycles. The first kappa shape index (κ1) is 17.8. The number of hydrogen-bond acceptors (Lipinski definition) is 4. The summed E-state index contributed by atoms with van der Waals surface area (Å²) in [5.74, 6) is -0.750. The molecule has 0 bridgehead atoms. The van der Waals surface area contributed by atoms with E-state index in [1.165, 1.54) is 17.7 Å². The van der Waals surface area contributed by atoms with Gasteiger partial charge in [-0.15, -0.1) is 13.2 Å². The first-order valence-corrected chi connectivity index (χ1v) is 5.30. The van der Waals surface area contributed by atoms with Gasteiger partial charge in [-0.3, -0.25) is 9.59 Å². The first-order valence-electron chi connectivity index (χ1n) is 4.86. The van der Waals surface area contributed by atoms with Crippen LogP contribution in [0.15, 0.2) is 37.4 Å². The Labute approximate surface area is 107 Å². The third-order valence-electron chi connectivity index (χ3n) is 1.23. The van der Waals surface area contributed by atoms with E-state index in [1.54, 1.807) is 0 Å². The summed E-state index contributed by atoms with van der Waals surface area (Å²) in [6.45, 7) is 10.1. The van der Waals surface area contributed by atoms with Crippen LogP contribution in [0.5, 0.6) is 0 Å². The molecule has 0 aliphatic rings. The first-order chi connectivity index (χ1) is 8.12. The number of rotatable bonds is 7. The molecular formula is C12H17ClO4. The van der Waals surface area contributed by atoms with Crippen molar-refractivity contribution in [3.63, 3.8) is 0 Å². The molecule has 4 nitrogen and oxygen atoms in total. The fourth-order valence-corrected chi connectivity index (χ4v) is 0.665. The van der Waals surface area contributed by atoms with Gasteiger partial charge in [-0.05, 0) is 5.54 Å². The van der Waals surface area contributed by atoms with Crippen molar-refractivity contribution >= 4 is 23.5 Å². The predicted molar refractivity (Wildman–Crippen MR) is 67.6 cm³/mol. The summed E-state index contributed by atoms with van der Waals surface area (Å²) in [6, 6.07) is 0. The quantitative estimate of drug-likeness (QED) is 0.401. The maximum atomic E-state index is 10.8. The van der Waals surface area contributed by atoms with Gasteiger partial charge in [-0.25, -0.2) is 0 Å². The number of ether oxygens (including phenoxy) is 2. The molecule has 0 heterocycles. The van der Waals surface area contributed by atoms with E-state index in [4.69, 9.17) is 21.1 Å². The van der Waals surface area contributed by atoms with E-state index in [0.29, 0.717) is 0 Å². The van der Waals surface area contributed by atoms with Crippen LogP contribution in [0.2, 0.25) is 0 Å². The lowest BCUT2D eigenvalue weighted by Crippen LogP contribution is -2.12. The Balaban J connectivity index is 0. The van der Waals surface area contributed by atoms with Gasteiger partial charge in [0, 0.05) is 0 Å². The summed E-state index contributed by atoms with van der Waals surface area (Å²) in [5.41, 5.74) is 1.22. The van der Waals surface area contributed by atoms with Crippen LogP contribution >= 0.6 is 11.6 Å². The molecule has 0 atom stereocenters. The largest absolute Gasteiger partial charge is 0.462 e.